The van der Waals surface area contributed by atoms with Gasteiger partial charge in [-0.3, -0.25) is 9.59 Å². The third kappa shape index (κ3) is 4.41. The van der Waals surface area contributed by atoms with Crippen molar-refractivity contribution in [3.63, 3.8) is 0 Å². The van der Waals surface area contributed by atoms with E-state index < -0.39 is 11.7 Å². The first-order valence-electron chi connectivity index (χ1n) is 8.35. The van der Waals surface area contributed by atoms with Gasteiger partial charge in [0.05, 0.1) is 13.7 Å². The molecule has 0 aliphatic rings. The Morgan fingerprint density at radius 3 is 2.52 bits per heavy atom. The van der Waals surface area contributed by atoms with Crippen molar-refractivity contribution in [3.05, 3.63) is 72.0 Å². The third-order valence-corrected chi connectivity index (χ3v) is 4.13. The van der Waals surface area contributed by atoms with Gasteiger partial charge < -0.3 is 15.0 Å². The first-order chi connectivity index (χ1) is 13.0. The summed E-state index contributed by atoms with van der Waals surface area (Å²) in [7, 11) is 3.15. The van der Waals surface area contributed by atoms with Gasteiger partial charge in [-0.25, -0.2) is 4.39 Å². The molecule has 27 heavy (non-hydrogen) atoms. The average molecular weight is 366 g/mol. The van der Waals surface area contributed by atoms with Crippen molar-refractivity contribution in [2.75, 3.05) is 26.0 Å². The first-order valence-corrected chi connectivity index (χ1v) is 8.35. The zero-order valence-corrected chi connectivity index (χ0v) is 15.0. The Bertz CT molecular complexity index is 1000. The summed E-state index contributed by atoms with van der Waals surface area (Å²) < 4.78 is 18.4. The van der Waals surface area contributed by atoms with Crippen LogP contribution >= 0.6 is 0 Å². The van der Waals surface area contributed by atoms with E-state index in [4.69, 9.17) is 4.74 Å². The topological polar surface area (TPSA) is 58.6 Å². The Morgan fingerprint density at radius 1 is 1.04 bits per heavy atom. The van der Waals surface area contributed by atoms with Crippen molar-refractivity contribution < 1.29 is 18.7 Å². The van der Waals surface area contributed by atoms with Crippen molar-refractivity contribution in [1.29, 1.82) is 0 Å². The molecule has 0 radical (unpaired) electrons. The highest BCUT2D eigenvalue weighted by molar-refractivity contribution is 6.01. The standard InChI is InChI=1S/C21H19FN2O3/c1-24(13-20(25)23-18-5-3-4-17(22)12-18)21(26)16-7-6-15-11-19(27-2)9-8-14(15)10-16/h3-12H,13H2,1-2H3,(H,23,25). The molecule has 0 atom stereocenters. The van der Waals surface area contributed by atoms with Crippen LogP contribution < -0.4 is 10.1 Å². The first kappa shape index (κ1) is 18.4. The summed E-state index contributed by atoms with van der Waals surface area (Å²) in [6, 6.07) is 16.5. The monoisotopic (exact) mass is 366 g/mol. The van der Waals surface area contributed by atoms with E-state index in [-0.39, 0.29) is 12.5 Å². The largest absolute Gasteiger partial charge is 0.497 e. The van der Waals surface area contributed by atoms with Gasteiger partial charge in [0.15, 0.2) is 0 Å². The number of fused-ring (bicyclic) bond motifs is 1. The lowest BCUT2D eigenvalue weighted by Crippen LogP contribution is -2.34. The van der Waals surface area contributed by atoms with E-state index in [0.29, 0.717) is 11.3 Å². The van der Waals surface area contributed by atoms with Crippen LogP contribution in [0.2, 0.25) is 0 Å². The molecule has 0 saturated heterocycles. The van der Waals surface area contributed by atoms with Gasteiger partial charge in [0.1, 0.15) is 11.6 Å². The van der Waals surface area contributed by atoms with Crippen LogP contribution in [0, 0.1) is 5.82 Å². The van der Waals surface area contributed by atoms with Crippen LogP contribution in [0.25, 0.3) is 10.8 Å². The Kier molecular flexibility index (Phi) is 5.35. The van der Waals surface area contributed by atoms with Gasteiger partial charge in [-0.15, -0.1) is 0 Å². The van der Waals surface area contributed by atoms with Crippen LogP contribution in [0.15, 0.2) is 60.7 Å². The molecule has 3 rings (SSSR count). The Hall–Kier alpha value is -3.41. The molecule has 5 nitrogen and oxygen atoms in total. The Morgan fingerprint density at radius 2 is 1.78 bits per heavy atom. The smallest absolute Gasteiger partial charge is 0.254 e. The molecule has 0 unspecified atom stereocenters. The highest BCUT2D eigenvalue weighted by Crippen LogP contribution is 2.22. The summed E-state index contributed by atoms with van der Waals surface area (Å²) in [5.74, 6) is -0.373. The average Bonchev–Trinajstić information content (AvgIpc) is 2.66. The van der Waals surface area contributed by atoms with Gasteiger partial charge in [0.25, 0.3) is 5.91 Å². The minimum Gasteiger partial charge on any atom is -0.497 e. The van der Waals surface area contributed by atoms with Crippen molar-refractivity contribution in [1.82, 2.24) is 4.90 Å². The summed E-state index contributed by atoms with van der Waals surface area (Å²) in [4.78, 5) is 26.0. The number of hydrogen-bond acceptors (Lipinski definition) is 3. The number of nitrogens with one attached hydrogen (secondary N) is 1. The van der Waals surface area contributed by atoms with Gasteiger partial charge in [-0.2, -0.15) is 0 Å². The number of likely N-dealkylation sites (N-methyl/N-ethyl adjacent to an activating group) is 1. The minimum atomic E-state index is -0.440. The highest BCUT2D eigenvalue weighted by atomic mass is 19.1. The molecule has 0 aromatic heterocycles. The second-order valence-electron chi connectivity index (χ2n) is 6.15. The number of hydrogen-bond donors (Lipinski definition) is 1. The molecule has 0 aliphatic heterocycles. The number of rotatable bonds is 5. The van der Waals surface area contributed by atoms with E-state index >= 15 is 0 Å². The number of carbonyl (C=O) groups is 2. The molecule has 0 bridgehead atoms. The van der Waals surface area contributed by atoms with Crippen molar-refractivity contribution in [3.8, 4) is 5.75 Å². The molecule has 1 N–H and O–H groups in total. The van der Waals surface area contributed by atoms with E-state index in [1.54, 1.807) is 32.4 Å². The molecule has 0 heterocycles. The van der Waals surface area contributed by atoms with Crippen LogP contribution in [0.3, 0.4) is 0 Å². The van der Waals surface area contributed by atoms with Gasteiger partial charge >= 0.3 is 0 Å². The zero-order chi connectivity index (χ0) is 19.4. The fourth-order valence-corrected chi connectivity index (χ4v) is 2.76. The summed E-state index contributed by atoms with van der Waals surface area (Å²) in [5.41, 5.74) is 0.828. The van der Waals surface area contributed by atoms with Gasteiger partial charge in [-0.1, -0.05) is 18.2 Å². The molecule has 0 fully saturated rings. The molecule has 0 saturated carbocycles. The number of anilines is 1. The van der Waals surface area contributed by atoms with Crippen molar-refractivity contribution in [2.24, 2.45) is 0 Å². The normalized spacial score (nSPS) is 10.5. The van der Waals surface area contributed by atoms with Crippen LogP contribution in [0.5, 0.6) is 5.75 Å². The quantitative estimate of drug-likeness (QED) is 0.749. The maximum Gasteiger partial charge on any atom is 0.254 e. The van der Waals surface area contributed by atoms with Gasteiger partial charge in [-0.05, 0) is 53.2 Å². The third-order valence-electron chi connectivity index (χ3n) is 4.13. The summed E-state index contributed by atoms with van der Waals surface area (Å²) in [6.07, 6.45) is 0. The minimum absolute atomic E-state index is 0.143. The number of amides is 2. The number of halogens is 1. The molecule has 0 spiro atoms. The van der Waals surface area contributed by atoms with Gasteiger partial charge in [0.2, 0.25) is 5.91 Å². The molecule has 2 amide bonds. The number of carbonyl (C=O) groups excluding carboxylic acids is 2. The lowest BCUT2D eigenvalue weighted by atomic mass is 10.1. The molecule has 3 aromatic carbocycles. The van der Waals surface area contributed by atoms with Crippen LogP contribution in [0.4, 0.5) is 10.1 Å². The fraction of sp³-hybridized carbons (Fsp3) is 0.143. The number of methoxy groups -OCH3 is 1. The number of nitrogens with zero attached hydrogens (tertiary/aromatic N) is 1. The molecular formula is C21H19FN2O3. The van der Waals surface area contributed by atoms with E-state index in [0.717, 1.165) is 16.5 Å². The number of benzene rings is 3. The van der Waals surface area contributed by atoms with Crippen LogP contribution in [0.1, 0.15) is 10.4 Å². The van der Waals surface area contributed by atoms with Crippen molar-refractivity contribution >= 4 is 28.3 Å². The van der Waals surface area contributed by atoms with E-state index in [9.17, 15) is 14.0 Å². The second kappa shape index (κ2) is 7.86. The maximum absolute atomic E-state index is 13.2. The van der Waals surface area contributed by atoms with E-state index in [1.807, 2.05) is 24.3 Å². The SMILES string of the molecule is COc1ccc2cc(C(=O)N(C)CC(=O)Nc3cccc(F)c3)ccc2c1. The molecule has 6 heteroatoms. The Labute approximate surface area is 156 Å². The fourth-order valence-electron chi connectivity index (χ4n) is 2.76. The number of ether oxygens (including phenoxy) is 1. The summed E-state index contributed by atoms with van der Waals surface area (Å²) in [5, 5.41) is 4.43. The lowest BCUT2D eigenvalue weighted by Gasteiger charge is -2.17. The predicted octanol–water partition coefficient (Wildman–Crippen LogP) is 3.70. The predicted molar refractivity (Wildman–Crippen MR) is 102 cm³/mol. The maximum atomic E-state index is 13.2. The zero-order valence-electron chi connectivity index (χ0n) is 15.0. The molecular weight excluding hydrogens is 347 g/mol. The highest BCUT2D eigenvalue weighted by Gasteiger charge is 2.15. The molecule has 3 aromatic rings. The van der Waals surface area contributed by atoms with Crippen LogP contribution in [-0.2, 0) is 4.79 Å². The van der Waals surface area contributed by atoms with Crippen LogP contribution in [-0.4, -0.2) is 37.4 Å². The summed E-state index contributed by atoms with van der Waals surface area (Å²) in [6.45, 7) is -0.143. The van der Waals surface area contributed by atoms with E-state index in [2.05, 4.69) is 5.32 Å². The molecule has 0 aliphatic carbocycles. The van der Waals surface area contributed by atoms with Crippen molar-refractivity contribution in [2.45, 2.75) is 0 Å². The molecule has 138 valence electrons. The lowest BCUT2D eigenvalue weighted by molar-refractivity contribution is -0.116. The second-order valence-corrected chi connectivity index (χ2v) is 6.15. The van der Waals surface area contributed by atoms with Gasteiger partial charge in [0, 0.05) is 18.3 Å². The van der Waals surface area contributed by atoms with E-state index in [1.165, 1.54) is 23.1 Å². The summed E-state index contributed by atoms with van der Waals surface area (Å²) >= 11 is 0. The Balaban J connectivity index is 1.69.